The van der Waals surface area contributed by atoms with Crippen LogP contribution in [0, 0.1) is 0 Å². The number of hydrogen-bond donors (Lipinski definition) is 3. The van der Waals surface area contributed by atoms with Crippen LogP contribution in [0.25, 0.3) is 22.6 Å². The lowest BCUT2D eigenvalue weighted by molar-refractivity contribution is -0.137. The van der Waals surface area contributed by atoms with Gasteiger partial charge in [0.1, 0.15) is 4.88 Å². The second kappa shape index (κ2) is 10.9. The van der Waals surface area contributed by atoms with Crippen molar-refractivity contribution in [3.05, 3.63) is 69.2 Å². The number of nitrogens with zero attached hydrogens (tertiary/aromatic N) is 4. The fraction of sp³-hybridized carbons (Fsp3) is 0.269. The van der Waals surface area contributed by atoms with E-state index in [-0.39, 0.29) is 28.9 Å². The predicted octanol–water partition coefficient (Wildman–Crippen LogP) is 4.98. The molecular weight excluding hydrogens is 553 g/mol. The van der Waals surface area contributed by atoms with Gasteiger partial charge in [-0.05, 0) is 47.9 Å². The minimum absolute atomic E-state index is 0.0351. The van der Waals surface area contributed by atoms with Crippen molar-refractivity contribution in [2.45, 2.75) is 12.6 Å². The van der Waals surface area contributed by atoms with Crippen molar-refractivity contribution in [1.29, 1.82) is 0 Å². The van der Waals surface area contributed by atoms with Gasteiger partial charge in [0.05, 0.1) is 23.8 Å². The van der Waals surface area contributed by atoms with Crippen LogP contribution in [0.5, 0.6) is 5.88 Å². The van der Waals surface area contributed by atoms with Gasteiger partial charge in [-0.25, -0.2) is 0 Å². The van der Waals surface area contributed by atoms with Crippen molar-refractivity contribution in [2.24, 2.45) is 5.73 Å². The predicted molar refractivity (Wildman–Crippen MR) is 146 cm³/mol. The van der Waals surface area contributed by atoms with Gasteiger partial charge in [-0.15, -0.1) is 0 Å². The molecule has 0 unspecified atom stereocenters. The number of anilines is 1. The maximum atomic E-state index is 13.9. The third-order valence-electron chi connectivity index (χ3n) is 6.51. The quantitative estimate of drug-likeness (QED) is 0.289. The molecular formula is C26H24ClF3N6O2S. The fourth-order valence-electron chi connectivity index (χ4n) is 4.54. The summed E-state index contributed by atoms with van der Waals surface area (Å²) in [7, 11) is 0. The molecule has 0 bridgehead atoms. The van der Waals surface area contributed by atoms with E-state index >= 15 is 0 Å². The maximum Gasteiger partial charge on any atom is 0.417 e. The minimum atomic E-state index is -4.64. The summed E-state index contributed by atoms with van der Waals surface area (Å²) in [6.07, 6.45) is -0.956. The zero-order valence-electron chi connectivity index (χ0n) is 20.5. The Morgan fingerprint density at radius 1 is 1.18 bits per heavy atom. The first-order valence-electron chi connectivity index (χ1n) is 12.1. The van der Waals surface area contributed by atoms with E-state index in [0.29, 0.717) is 53.7 Å². The molecule has 0 aliphatic carbocycles. The molecule has 13 heteroatoms. The zero-order chi connectivity index (χ0) is 27.7. The summed E-state index contributed by atoms with van der Waals surface area (Å²) in [5.41, 5.74) is 6.22. The molecule has 1 saturated heterocycles. The number of halogens is 4. The molecule has 0 saturated carbocycles. The standard InChI is InChI=1S/C26H24ClF3N6O2S/c27-18-4-2-16(20(12-18)26(28,29)30)11-19(15-3-5-21-17(10-15)14-32-34-21)23-24(38)33-25(39-23)36-7-1-6-35(8-9-36)22(37)13-31/h2-5,10-12,14,38H,1,6-9,13,31H2,(H,32,34). The molecule has 4 N–H and O–H groups in total. The summed E-state index contributed by atoms with van der Waals surface area (Å²) < 4.78 is 41.8. The van der Waals surface area contributed by atoms with E-state index in [1.807, 2.05) is 4.90 Å². The molecule has 3 heterocycles. The molecule has 39 heavy (non-hydrogen) atoms. The van der Waals surface area contributed by atoms with Crippen LogP contribution in [-0.2, 0) is 11.0 Å². The third kappa shape index (κ3) is 5.72. The van der Waals surface area contributed by atoms with E-state index in [9.17, 15) is 23.1 Å². The number of alkyl halides is 3. The van der Waals surface area contributed by atoms with Gasteiger partial charge in [-0.3, -0.25) is 9.89 Å². The lowest BCUT2D eigenvalue weighted by Gasteiger charge is -2.21. The lowest BCUT2D eigenvalue weighted by Crippen LogP contribution is -2.38. The number of nitrogens with one attached hydrogen (secondary N) is 1. The molecule has 0 atom stereocenters. The van der Waals surface area contributed by atoms with Crippen molar-refractivity contribution < 1.29 is 23.1 Å². The van der Waals surface area contributed by atoms with E-state index < -0.39 is 11.7 Å². The van der Waals surface area contributed by atoms with E-state index in [4.69, 9.17) is 17.3 Å². The summed E-state index contributed by atoms with van der Waals surface area (Å²) in [6, 6.07) is 8.88. The van der Waals surface area contributed by atoms with Crippen molar-refractivity contribution in [2.75, 3.05) is 37.6 Å². The number of thiazole rings is 1. The largest absolute Gasteiger partial charge is 0.492 e. The Labute approximate surface area is 230 Å². The SMILES string of the molecule is NCC(=O)N1CCCN(c2nc(O)c(C(=Cc3ccc(Cl)cc3C(F)(F)F)c3ccc4[nH]ncc4c3)s2)CC1. The monoisotopic (exact) mass is 576 g/mol. The molecule has 0 spiro atoms. The average Bonchev–Trinajstić information content (AvgIpc) is 3.45. The van der Waals surface area contributed by atoms with E-state index in [1.54, 1.807) is 29.3 Å². The van der Waals surface area contributed by atoms with Gasteiger partial charge in [-0.1, -0.05) is 35.1 Å². The van der Waals surface area contributed by atoms with Gasteiger partial charge in [0.15, 0.2) is 5.13 Å². The van der Waals surface area contributed by atoms with Crippen LogP contribution in [0.15, 0.2) is 42.6 Å². The summed E-state index contributed by atoms with van der Waals surface area (Å²) in [4.78, 5) is 20.4. The summed E-state index contributed by atoms with van der Waals surface area (Å²) in [6.45, 7) is 2.01. The number of aromatic hydroxyl groups is 1. The van der Waals surface area contributed by atoms with Crippen LogP contribution in [-0.4, -0.2) is 63.8 Å². The molecule has 2 aromatic heterocycles. The normalized spacial score (nSPS) is 15.2. The van der Waals surface area contributed by atoms with E-state index in [1.165, 1.54) is 29.5 Å². The number of aromatic amines is 1. The number of carbonyl (C=O) groups excluding carboxylic acids is 1. The van der Waals surface area contributed by atoms with Gasteiger partial charge < -0.3 is 20.6 Å². The summed E-state index contributed by atoms with van der Waals surface area (Å²) in [5.74, 6) is -0.432. The number of nitrogens with two attached hydrogens (primary N) is 1. The number of aromatic nitrogens is 3. The van der Waals surface area contributed by atoms with Gasteiger partial charge in [0.25, 0.3) is 0 Å². The number of amides is 1. The highest BCUT2D eigenvalue weighted by atomic mass is 35.5. The third-order valence-corrected chi connectivity index (χ3v) is 7.88. The number of benzene rings is 2. The summed E-state index contributed by atoms with van der Waals surface area (Å²) >= 11 is 7.07. The molecule has 1 aliphatic heterocycles. The van der Waals surface area contributed by atoms with Crippen molar-refractivity contribution in [1.82, 2.24) is 20.1 Å². The Morgan fingerprint density at radius 3 is 2.77 bits per heavy atom. The number of H-pyrrole nitrogens is 1. The number of rotatable bonds is 5. The smallest absolute Gasteiger partial charge is 0.417 e. The molecule has 8 nitrogen and oxygen atoms in total. The first-order valence-corrected chi connectivity index (χ1v) is 13.3. The van der Waals surface area contributed by atoms with Crippen LogP contribution < -0.4 is 10.6 Å². The maximum absolute atomic E-state index is 13.9. The van der Waals surface area contributed by atoms with Gasteiger partial charge in [0.2, 0.25) is 11.8 Å². The number of carbonyl (C=O) groups is 1. The molecule has 204 valence electrons. The number of hydrogen-bond acceptors (Lipinski definition) is 7. The Morgan fingerprint density at radius 2 is 2.00 bits per heavy atom. The van der Waals surface area contributed by atoms with Gasteiger partial charge in [-0.2, -0.15) is 23.3 Å². The Kier molecular flexibility index (Phi) is 7.52. The van der Waals surface area contributed by atoms with E-state index in [2.05, 4.69) is 15.2 Å². The average molecular weight is 577 g/mol. The first-order chi connectivity index (χ1) is 18.6. The molecule has 1 amide bonds. The molecule has 1 fully saturated rings. The molecule has 2 aromatic carbocycles. The molecule has 5 rings (SSSR count). The highest BCUT2D eigenvalue weighted by Gasteiger charge is 2.33. The highest BCUT2D eigenvalue weighted by Crippen LogP contribution is 2.42. The Balaban J connectivity index is 1.59. The highest BCUT2D eigenvalue weighted by molar-refractivity contribution is 7.17. The second-order valence-corrected chi connectivity index (χ2v) is 10.4. The molecule has 1 aliphatic rings. The van der Waals surface area contributed by atoms with Crippen LogP contribution >= 0.6 is 22.9 Å². The number of fused-ring (bicyclic) bond motifs is 1. The first kappa shape index (κ1) is 27.0. The van der Waals surface area contributed by atoms with Crippen LogP contribution in [0.4, 0.5) is 18.3 Å². The second-order valence-electron chi connectivity index (χ2n) is 9.03. The van der Waals surface area contributed by atoms with Crippen LogP contribution in [0.3, 0.4) is 0 Å². The van der Waals surface area contributed by atoms with Crippen molar-refractivity contribution in [3.63, 3.8) is 0 Å². The zero-order valence-corrected chi connectivity index (χ0v) is 22.1. The van der Waals surface area contributed by atoms with Crippen LogP contribution in [0.2, 0.25) is 5.02 Å². The summed E-state index contributed by atoms with van der Waals surface area (Å²) in [5, 5.41) is 19.1. The fourth-order valence-corrected chi connectivity index (χ4v) is 5.77. The topological polar surface area (TPSA) is 111 Å². The van der Waals surface area contributed by atoms with Gasteiger partial charge in [0, 0.05) is 42.2 Å². The lowest BCUT2D eigenvalue weighted by atomic mass is 9.98. The Bertz CT molecular complexity index is 1550. The van der Waals surface area contributed by atoms with Crippen molar-refractivity contribution in [3.8, 4) is 5.88 Å². The van der Waals surface area contributed by atoms with Gasteiger partial charge >= 0.3 is 6.18 Å². The van der Waals surface area contributed by atoms with Crippen LogP contribution in [0.1, 0.15) is 28.0 Å². The van der Waals surface area contributed by atoms with Crippen molar-refractivity contribution >= 4 is 56.5 Å². The minimum Gasteiger partial charge on any atom is -0.492 e. The molecule has 4 aromatic rings. The molecule has 0 radical (unpaired) electrons. The van der Waals surface area contributed by atoms with E-state index in [0.717, 1.165) is 17.0 Å². The Hall–Kier alpha value is -3.61.